The van der Waals surface area contributed by atoms with Crippen molar-refractivity contribution in [2.75, 3.05) is 5.32 Å². The highest BCUT2D eigenvalue weighted by molar-refractivity contribution is 9.10. The minimum absolute atomic E-state index is 0.352. The number of rotatable bonds is 4. The Hall–Kier alpha value is -1.07. The van der Waals surface area contributed by atoms with Crippen molar-refractivity contribution in [3.8, 4) is 0 Å². The molecule has 0 bridgehead atoms. The summed E-state index contributed by atoms with van der Waals surface area (Å²) >= 11 is 9.32. The first-order chi connectivity index (χ1) is 9.01. The molecule has 0 spiro atoms. The summed E-state index contributed by atoms with van der Waals surface area (Å²) in [6.45, 7) is 2.64. The second-order valence-corrected chi connectivity index (χ2v) is 5.46. The number of nitrogens with zero attached hydrogens (tertiary/aromatic N) is 2. The summed E-state index contributed by atoms with van der Waals surface area (Å²) in [6, 6.07) is 4.71. The van der Waals surface area contributed by atoms with Crippen molar-refractivity contribution in [1.29, 1.82) is 0 Å². The molecule has 2 aromatic rings. The second-order valence-electron chi connectivity index (χ2n) is 4.20. The number of halogens is 3. The lowest BCUT2D eigenvalue weighted by molar-refractivity contribution is 0.627. The molecule has 0 fully saturated rings. The van der Waals surface area contributed by atoms with Crippen molar-refractivity contribution in [1.82, 2.24) is 9.78 Å². The molecule has 0 amide bonds. The molecule has 0 saturated carbocycles. The summed E-state index contributed by atoms with van der Waals surface area (Å²) in [7, 11) is 1.90. The molecule has 2 rings (SSSR count). The Kier molecular flexibility index (Phi) is 4.47. The number of aromatic nitrogens is 2. The van der Waals surface area contributed by atoms with Crippen LogP contribution in [-0.4, -0.2) is 9.78 Å². The van der Waals surface area contributed by atoms with Gasteiger partial charge in [0.15, 0.2) is 0 Å². The topological polar surface area (TPSA) is 29.9 Å². The molecular weight excluding hydrogens is 333 g/mol. The van der Waals surface area contributed by atoms with Crippen LogP contribution in [0.3, 0.4) is 0 Å². The van der Waals surface area contributed by atoms with E-state index in [1.807, 2.05) is 17.8 Å². The molecule has 102 valence electrons. The molecule has 0 saturated heterocycles. The van der Waals surface area contributed by atoms with Crippen LogP contribution in [0.4, 0.5) is 10.1 Å². The molecule has 1 N–H and O–H groups in total. The molecule has 0 radical (unpaired) electrons. The first kappa shape index (κ1) is 14.3. The van der Waals surface area contributed by atoms with Crippen molar-refractivity contribution in [3.63, 3.8) is 0 Å². The van der Waals surface area contributed by atoms with Crippen molar-refractivity contribution in [2.45, 2.75) is 19.9 Å². The van der Waals surface area contributed by atoms with Gasteiger partial charge in [-0.3, -0.25) is 4.68 Å². The third-order valence-electron chi connectivity index (χ3n) is 2.84. The summed E-state index contributed by atoms with van der Waals surface area (Å²) in [5.74, 6) is -0.365. The largest absolute Gasteiger partial charge is 0.377 e. The molecule has 1 aromatic carbocycles. The van der Waals surface area contributed by atoms with E-state index in [4.69, 9.17) is 11.6 Å². The van der Waals surface area contributed by atoms with Gasteiger partial charge in [-0.2, -0.15) is 5.10 Å². The van der Waals surface area contributed by atoms with E-state index in [0.717, 1.165) is 17.8 Å². The van der Waals surface area contributed by atoms with Crippen LogP contribution in [0.1, 0.15) is 18.3 Å². The quantitative estimate of drug-likeness (QED) is 0.901. The molecule has 19 heavy (non-hydrogen) atoms. The standard InChI is InChI=1S/C13H14BrClFN3/c1-3-9-6-10(19(2)18-9)7-17-13-11(14)4-8(16)5-12(13)15/h4-6,17H,3,7H2,1-2H3. The lowest BCUT2D eigenvalue weighted by Crippen LogP contribution is -2.06. The van der Waals surface area contributed by atoms with Crippen LogP contribution in [0.25, 0.3) is 0 Å². The van der Waals surface area contributed by atoms with Crippen LogP contribution in [0.5, 0.6) is 0 Å². The van der Waals surface area contributed by atoms with E-state index in [2.05, 4.69) is 33.3 Å². The number of anilines is 1. The number of aryl methyl sites for hydroxylation is 2. The van der Waals surface area contributed by atoms with Crippen LogP contribution in [0, 0.1) is 5.82 Å². The van der Waals surface area contributed by atoms with Crippen LogP contribution in [0.2, 0.25) is 5.02 Å². The fourth-order valence-corrected chi connectivity index (χ4v) is 2.76. The minimum atomic E-state index is -0.365. The second kappa shape index (κ2) is 5.92. The number of benzene rings is 1. The molecule has 0 aliphatic carbocycles. The lowest BCUT2D eigenvalue weighted by atomic mass is 10.2. The molecular formula is C13H14BrClFN3. The minimum Gasteiger partial charge on any atom is -0.377 e. The van der Waals surface area contributed by atoms with E-state index in [-0.39, 0.29) is 5.82 Å². The first-order valence-corrected chi connectivity index (χ1v) is 7.08. The fraction of sp³-hybridized carbons (Fsp3) is 0.308. The highest BCUT2D eigenvalue weighted by Gasteiger charge is 2.09. The highest BCUT2D eigenvalue weighted by Crippen LogP contribution is 2.32. The predicted molar refractivity (Wildman–Crippen MR) is 79.0 cm³/mol. The predicted octanol–water partition coefficient (Wildman–Crippen LogP) is 4.15. The van der Waals surface area contributed by atoms with Crippen LogP contribution in [0.15, 0.2) is 22.7 Å². The van der Waals surface area contributed by atoms with Crippen LogP contribution >= 0.6 is 27.5 Å². The maximum Gasteiger partial charge on any atom is 0.125 e. The third-order valence-corrected chi connectivity index (χ3v) is 3.77. The zero-order valence-corrected chi connectivity index (χ0v) is 13.0. The Morgan fingerprint density at radius 2 is 2.16 bits per heavy atom. The Bertz CT molecular complexity index is 575. The van der Waals surface area contributed by atoms with Gasteiger partial charge in [0.25, 0.3) is 0 Å². The van der Waals surface area contributed by atoms with Crippen LogP contribution < -0.4 is 5.32 Å². The molecule has 0 unspecified atom stereocenters. The number of hydrogen-bond donors (Lipinski definition) is 1. The maximum atomic E-state index is 13.1. The normalized spacial score (nSPS) is 10.8. The Morgan fingerprint density at radius 3 is 2.74 bits per heavy atom. The van der Waals surface area contributed by atoms with Gasteiger partial charge < -0.3 is 5.32 Å². The van der Waals surface area contributed by atoms with Crippen molar-refractivity contribution < 1.29 is 4.39 Å². The molecule has 0 aliphatic rings. The van der Waals surface area contributed by atoms with Crippen molar-refractivity contribution >= 4 is 33.2 Å². The number of nitrogens with one attached hydrogen (secondary N) is 1. The van der Waals surface area contributed by atoms with Gasteiger partial charge in [-0.05, 0) is 40.5 Å². The highest BCUT2D eigenvalue weighted by atomic mass is 79.9. The average Bonchev–Trinajstić information content (AvgIpc) is 2.69. The van der Waals surface area contributed by atoms with Crippen molar-refractivity contribution in [2.24, 2.45) is 7.05 Å². The van der Waals surface area contributed by atoms with E-state index in [0.29, 0.717) is 21.7 Å². The van der Waals surface area contributed by atoms with Gasteiger partial charge in [0.1, 0.15) is 5.82 Å². The Morgan fingerprint density at radius 1 is 1.42 bits per heavy atom. The van der Waals surface area contributed by atoms with Crippen LogP contribution in [-0.2, 0) is 20.0 Å². The van der Waals surface area contributed by atoms with Gasteiger partial charge >= 0.3 is 0 Å². The number of hydrogen-bond acceptors (Lipinski definition) is 2. The maximum absolute atomic E-state index is 13.1. The zero-order valence-electron chi connectivity index (χ0n) is 10.7. The molecule has 6 heteroatoms. The Balaban J connectivity index is 2.16. The summed E-state index contributed by atoms with van der Waals surface area (Å²) in [6.07, 6.45) is 0.898. The van der Waals surface area contributed by atoms with Gasteiger partial charge in [-0.1, -0.05) is 18.5 Å². The van der Waals surface area contributed by atoms with E-state index in [1.165, 1.54) is 12.1 Å². The molecule has 0 aliphatic heterocycles. The van der Waals surface area contributed by atoms with Gasteiger partial charge in [-0.15, -0.1) is 0 Å². The smallest absolute Gasteiger partial charge is 0.125 e. The SMILES string of the molecule is CCc1cc(CNc2c(Cl)cc(F)cc2Br)n(C)n1. The molecule has 1 heterocycles. The van der Waals surface area contributed by atoms with E-state index >= 15 is 0 Å². The van der Waals surface area contributed by atoms with E-state index in [1.54, 1.807) is 0 Å². The summed E-state index contributed by atoms with van der Waals surface area (Å²) in [5, 5.41) is 7.92. The summed E-state index contributed by atoms with van der Waals surface area (Å²) in [5.41, 5.74) is 2.77. The van der Waals surface area contributed by atoms with Crippen molar-refractivity contribution in [3.05, 3.63) is 44.9 Å². The molecule has 3 nitrogen and oxygen atoms in total. The van der Waals surface area contributed by atoms with Gasteiger partial charge in [-0.25, -0.2) is 4.39 Å². The average molecular weight is 347 g/mol. The van der Waals surface area contributed by atoms with E-state index in [9.17, 15) is 4.39 Å². The summed E-state index contributed by atoms with van der Waals surface area (Å²) in [4.78, 5) is 0. The summed E-state index contributed by atoms with van der Waals surface area (Å²) < 4.78 is 15.6. The molecule has 0 atom stereocenters. The van der Waals surface area contributed by atoms with Gasteiger partial charge in [0, 0.05) is 11.5 Å². The lowest BCUT2D eigenvalue weighted by Gasteiger charge is -2.10. The van der Waals surface area contributed by atoms with Gasteiger partial charge in [0.05, 0.1) is 28.6 Å². The van der Waals surface area contributed by atoms with E-state index < -0.39 is 0 Å². The first-order valence-electron chi connectivity index (χ1n) is 5.91. The zero-order chi connectivity index (χ0) is 14.0. The Labute approximate surface area is 124 Å². The monoisotopic (exact) mass is 345 g/mol. The third kappa shape index (κ3) is 3.28. The molecule has 1 aromatic heterocycles. The van der Waals surface area contributed by atoms with Gasteiger partial charge in [0.2, 0.25) is 0 Å². The fourth-order valence-electron chi connectivity index (χ4n) is 1.80.